The van der Waals surface area contributed by atoms with Gasteiger partial charge in [-0.3, -0.25) is 14.8 Å². The molecule has 0 saturated carbocycles. The van der Waals surface area contributed by atoms with E-state index in [9.17, 15) is 0 Å². The van der Waals surface area contributed by atoms with Crippen LogP contribution in [0.25, 0.3) is 0 Å². The average molecular weight is 301 g/mol. The van der Waals surface area contributed by atoms with Crippen LogP contribution < -0.4 is 0 Å². The summed E-state index contributed by atoms with van der Waals surface area (Å²) in [7, 11) is 0. The minimum Gasteiger partial charge on any atom is -0.376 e. The minimum absolute atomic E-state index is 0.465. The quantitative estimate of drug-likeness (QED) is 0.855. The number of piperidine rings is 1. The zero-order valence-electron chi connectivity index (χ0n) is 13.4. The van der Waals surface area contributed by atoms with Crippen LogP contribution in [0.15, 0.2) is 24.4 Å². The molecule has 3 fully saturated rings. The molecule has 3 atom stereocenters. The molecule has 0 spiro atoms. The van der Waals surface area contributed by atoms with Crippen molar-refractivity contribution in [3.8, 4) is 0 Å². The molecule has 3 aliphatic rings. The Bertz CT molecular complexity index is 474. The Morgan fingerprint density at radius 2 is 2.05 bits per heavy atom. The van der Waals surface area contributed by atoms with Crippen LogP contribution in [0.5, 0.6) is 0 Å². The Morgan fingerprint density at radius 3 is 2.86 bits per heavy atom. The average Bonchev–Trinajstić information content (AvgIpc) is 3.09. The molecule has 4 rings (SSSR count). The van der Waals surface area contributed by atoms with Crippen molar-refractivity contribution in [3.05, 3.63) is 30.1 Å². The SMILES string of the molecule is c1ccc(CN2C[C@H]3CCCO[C@H]3[C@@H](N3CCCC3)C2)nc1. The number of ether oxygens (including phenoxy) is 1. The van der Waals surface area contributed by atoms with E-state index in [4.69, 9.17) is 4.74 Å². The first kappa shape index (κ1) is 14.6. The van der Waals surface area contributed by atoms with E-state index < -0.39 is 0 Å². The summed E-state index contributed by atoms with van der Waals surface area (Å²) in [6.45, 7) is 6.77. The fourth-order valence-corrected chi connectivity index (χ4v) is 4.51. The molecule has 0 amide bonds. The molecule has 0 aromatic carbocycles. The molecule has 0 N–H and O–H groups in total. The fourth-order valence-electron chi connectivity index (χ4n) is 4.51. The molecular weight excluding hydrogens is 274 g/mol. The topological polar surface area (TPSA) is 28.6 Å². The van der Waals surface area contributed by atoms with Gasteiger partial charge in [-0.15, -0.1) is 0 Å². The Kier molecular flexibility index (Phi) is 4.42. The lowest BCUT2D eigenvalue weighted by Gasteiger charge is -2.48. The number of likely N-dealkylation sites (tertiary alicyclic amines) is 2. The maximum atomic E-state index is 6.22. The first-order valence-corrected chi connectivity index (χ1v) is 8.88. The van der Waals surface area contributed by atoms with Crippen molar-refractivity contribution in [1.82, 2.24) is 14.8 Å². The van der Waals surface area contributed by atoms with Gasteiger partial charge < -0.3 is 4.74 Å². The first-order valence-electron chi connectivity index (χ1n) is 8.88. The second-order valence-electron chi connectivity index (χ2n) is 7.06. The Labute approximate surface area is 133 Å². The maximum absolute atomic E-state index is 6.22. The normalized spacial score (nSPS) is 33.7. The van der Waals surface area contributed by atoms with Crippen molar-refractivity contribution < 1.29 is 4.74 Å². The largest absolute Gasteiger partial charge is 0.376 e. The van der Waals surface area contributed by atoms with E-state index in [1.54, 1.807) is 0 Å². The van der Waals surface area contributed by atoms with Gasteiger partial charge in [0.25, 0.3) is 0 Å². The molecule has 0 radical (unpaired) electrons. The van der Waals surface area contributed by atoms with Gasteiger partial charge in [-0.05, 0) is 56.8 Å². The molecular formula is C18H27N3O. The molecule has 4 heteroatoms. The predicted molar refractivity (Wildman–Crippen MR) is 86.6 cm³/mol. The summed E-state index contributed by atoms with van der Waals surface area (Å²) in [4.78, 5) is 9.81. The Hall–Kier alpha value is -0.970. The van der Waals surface area contributed by atoms with Gasteiger partial charge in [-0.25, -0.2) is 0 Å². The van der Waals surface area contributed by atoms with E-state index in [1.807, 2.05) is 12.3 Å². The highest BCUT2D eigenvalue weighted by molar-refractivity contribution is 5.05. The van der Waals surface area contributed by atoms with Crippen molar-refractivity contribution in [3.63, 3.8) is 0 Å². The lowest BCUT2D eigenvalue weighted by Crippen LogP contribution is -2.60. The standard InChI is InChI=1S/C18H27N3O/c1-2-8-19-16(7-1)13-20-12-15-6-5-11-22-18(15)17(14-20)21-9-3-4-10-21/h1-2,7-8,15,17-18H,3-6,9-14H2/t15-,17+,18-/m1/s1. The molecule has 120 valence electrons. The van der Waals surface area contributed by atoms with E-state index in [0.29, 0.717) is 18.1 Å². The van der Waals surface area contributed by atoms with E-state index in [-0.39, 0.29) is 0 Å². The van der Waals surface area contributed by atoms with Gasteiger partial charge >= 0.3 is 0 Å². The zero-order valence-corrected chi connectivity index (χ0v) is 13.4. The van der Waals surface area contributed by atoms with E-state index in [2.05, 4.69) is 26.9 Å². The molecule has 0 unspecified atom stereocenters. The summed E-state index contributed by atoms with van der Waals surface area (Å²) < 4.78 is 6.22. The summed E-state index contributed by atoms with van der Waals surface area (Å²) in [5, 5.41) is 0. The van der Waals surface area contributed by atoms with Gasteiger partial charge in [-0.2, -0.15) is 0 Å². The van der Waals surface area contributed by atoms with Crippen LogP contribution >= 0.6 is 0 Å². The number of hydrogen-bond acceptors (Lipinski definition) is 4. The Balaban J connectivity index is 1.49. The maximum Gasteiger partial charge on any atom is 0.0782 e. The van der Waals surface area contributed by atoms with Gasteiger partial charge in [0.05, 0.1) is 11.8 Å². The highest BCUT2D eigenvalue weighted by Crippen LogP contribution is 2.32. The first-order chi connectivity index (χ1) is 10.9. The van der Waals surface area contributed by atoms with Gasteiger partial charge in [0.15, 0.2) is 0 Å². The number of nitrogens with zero attached hydrogens (tertiary/aromatic N) is 3. The smallest absolute Gasteiger partial charge is 0.0782 e. The molecule has 1 aromatic heterocycles. The van der Waals surface area contributed by atoms with Crippen LogP contribution in [-0.2, 0) is 11.3 Å². The van der Waals surface area contributed by atoms with Crippen molar-refractivity contribution in [2.75, 3.05) is 32.8 Å². The third-order valence-electron chi connectivity index (χ3n) is 5.53. The van der Waals surface area contributed by atoms with Crippen molar-refractivity contribution in [2.24, 2.45) is 5.92 Å². The number of rotatable bonds is 3. The van der Waals surface area contributed by atoms with E-state index >= 15 is 0 Å². The molecule has 0 bridgehead atoms. The van der Waals surface area contributed by atoms with E-state index in [0.717, 1.165) is 19.7 Å². The third kappa shape index (κ3) is 3.05. The molecule has 1 aromatic rings. The van der Waals surface area contributed by atoms with Gasteiger partial charge in [0, 0.05) is 38.5 Å². The Morgan fingerprint density at radius 1 is 1.14 bits per heavy atom. The summed E-state index contributed by atoms with van der Waals surface area (Å²) in [6, 6.07) is 6.83. The van der Waals surface area contributed by atoms with E-state index in [1.165, 1.54) is 51.0 Å². The summed E-state index contributed by atoms with van der Waals surface area (Å²) in [6.07, 6.45) is 7.64. The van der Waals surface area contributed by atoms with Crippen molar-refractivity contribution in [2.45, 2.75) is 44.4 Å². The molecule has 3 aliphatic heterocycles. The zero-order chi connectivity index (χ0) is 14.8. The number of pyridine rings is 1. The fraction of sp³-hybridized carbons (Fsp3) is 0.722. The molecule has 22 heavy (non-hydrogen) atoms. The minimum atomic E-state index is 0.465. The highest BCUT2D eigenvalue weighted by atomic mass is 16.5. The molecule has 0 aliphatic carbocycles. The summed E-state index contributed by atoms with van der Waals surface area (Å²) in [5.41, 5.74) is 1.19. The highest BCUT2D eigenvalue weighted by Gasteiger charge is 2.42. The predicted octanol–water partition coefficient (Wildman–Crippen LogP) is 2.16. The van der Waals surface area contributed by atoms with Crippen LogP contribution in [0.3, 0.4) is 0 Å². The van der Waals surface area contributed by atoms with Crippen molar-refractivity contribution in [1.29, 1.82) is 0 Å². The summed E-state index contributed by atoms with van der Waals surface area (Å²) >= 11 is 0. The summed E-state index contributed by atoms with van der Waals surface area (Å²) in [5.74, 6) is 0.705. The number of fused-ring (bicyclic) bond motifs is 1. The molecule has 3 saturated heterocycles. The lowest BCUT2D eigenvalue weighted by atomic mass is 9.84. The second-order valence-corrected chi connectivity index (χ2v) is 7.06. The van der Waals surface area contributed by atoms with Crippen LogP contribution in [0.1, 0.15) is 31.4 Å². The monoisotopic (exact) mass is 301 g/mol. The van der Waals surface area contributed by atoms with Crippen LogP contribution in [0, 0.1) is 5.92 Å². The van der Waals surface area contributed by atoms with Gasteiger partial charge in [0.1, 0.15) is 0 Å². The van der Waals surface area contributed by atoms with Crippen LogP contribution in [0.2, 0.25) is 0 Å². The lowest BCUT2D eigenvalue weighted by molar-refractivity contribution is -0.112. The molecule has 4 heterocycles. The second kappa shape index (κ2) is 6.65. The number of aromatic nitrogens is 1. The third-order valence-corrected chi connectivity index (χ3v) is 5.53. The van der Waals surface area contributed by atoms with Crippen LogP contribution in [-0.4, -0.2) is 59.7 Å². The van der Waals surface area contributed by atoms with Crippen molar-refractivity contribution >= 4 is 0 Å². The van der Waals surface area contributed by atoms with Crippen LogP contribution in [0.4, 0.5) is 0 Å². The molecule has 4 nitrogen and oxygen atoms in total. The van der Waals surface area contributed by atoms with Gasteiger partial charge in [-0.1, -0.05) is 6.07 Å². The van der Waals surface area contributed by atoms with Gasteiger partial charge in [0.2, 0.25) is 0 Å². The number of hydrogen-bond donors (Lipinski definition) is 0.